The van der Waals surface area contributed by atoms with E-state index < -0.39 is 5.91 Å². The lowest BCUT2D eigenvalue weighted by Gasteiger charge is -2.01. The average molecular weight is 387 g/mol. The van der Waals surface area contributed by atoms with Gasteiger partial charge in [-0.25, -0.2) is 4.98 Å². The van der Waals surface area contributed by atoms with E-state index in [0.717, 1.165) is 22.3 Å². The number of para-hydroxylation sites is 1. The largest absolute Gasteiger partial charge is 0.366 e. The first-order valence-corrected chi connectivity index (χ1v) is 7.53. The number of carbonyl (C=O) groups excluding carboxylic acids is 1. The van der Waals surface area contributed by atoms with Gasteiger partial charge in [0, 0.05) is 17.3 Å². The number of benzene rings is 2. The predicted octanol–water partition coefficient (Wildman–Crippen LogP) is 4.23. The molecule has 0 atom stereocenters. The van der Waals surface area contributed by atoms with Gasteiger partial charge in [-0.3, -0.25) is 9.78 Å². The van der Waals surface area contributed by atoms with E-state index in [9.17, 15) is 4.79 Å². The highest BCUT2D eigenvalue weighted by Crippen LogP contribution is 2.25. The van der Waals surface area contributed by atoms with E-state index >= 15 is 0 Å². The summed E-state index contributed by atoms with van der Waals surface area (Å²) in [5.41, 5.74) is 10.1. The number of carbonyl (C=O) groups is 1. The highest BCUT2D eigenvalue weighted by atomic mass is 35.5. The molecule has 1 amide bonds. The number of hydrogen-bond donors (Lipinski definition) is 2. The first-order chi connectivity index (χ1) is 11.7. The molecule has 0 saturated carbocycles. The normalized spacial score (nSPS) is 10.0. The van der Waals surface area contributed by atoms with Crippen LogP contribution in [0.4, 0.5) is 0 Å². The summed E-state index contributed by atoms with van der Waals surface area (Å²) in [5, 5.41) is 0. The monoisotopic (exact) mass is 386 g/mol. The molecular weight excluding hydrogens is 371 g/mol. The Morgan fingerprint density at radius 2 is 1.62 bits per heavy atom. The van der Waals surface area contributed by atoms with E-state index in [1.54, 1.807) is 18.3 Å². The van der Waals surface area contributed by atoms with Crippen LogP contribution in [0.15, 0.2) is 66.9 Å². The number of fused-ring (bicyclic) bond motifs is 1. The Hall–Kier alpha value is -2.89. The van der Waals surface area contributed by atoms with E-state index in [1.165, 1.54) is 0 Å². The van der Waals surface area contributed by atoms with Crippen molar-refractivity contribution in [1.29, 1.82) is 0 Å². The van der Waals surface area contributed by atoms with Gasteiger partial charge in [0.25, 0.3) is 5.91 Å². The summed E-state index contributed by atoms with van der Waals surface area (Å²) in [6.45, 7) is 0. The van der Waals surface area contributed by atoms with Gasteiger partial charge < -0.3 is 10.7 Å². The molecule has 2 heterocycles. The molecule has 0 aliphatic rings. The molecule has 0 aliphatic carbocycles. The molecule has 0 bridgehead atoms. The quantitative estimate of drug-likeness (QED) is 0.552. The van der Waals surface area contributed by atoms with Crippen molar-refractivity contribution in [3.8, 4) is 22.6 Å². The summed E-state index contributed by atoms with van der Waals surface area (Å²) >= 11 is 0. The zero-order valence-electron chi connectivity index (χ0n) is 13.5. The fraction of sp³-hybridized carbons (Fsp3) is 0. The van der Waals surface area contributed by atoms with E-state index in [-0.39, 0.29) is 24.8 Å². The minimum absolute atomic E-state index is 0. The number of hydrogen-bond acceptors (Lipinski definition) is 3. The van der Waals surface area contributed by atoms with Crippen LogP contribution in [0.5, 0.6) is 0 Å². The van der Waals surface area contributed by atoms with Crippen molar-refractivity contribution in [2.45, 2.75) is 0 Å². The molecule has 7 heteroatoms. The van der Waals surface area contributed by atoms with Gasteiger partial charge in [0.15, 0.2) is 0 Å². The summed E-state index contributed by atoms with van der Waals surface area (Å²) in [7, 11) is 0. The third kappa shape index (κ3) is 3.54. The predicted molar refractivity (Wildman–Crippen MR) is 108 cm³/mol. The van der Waals surface area contributed by atoms with Crippen LogP contribution >= 0.6 is 24.8 Å². The van der Waals surface area contributed by atoms with Gasteiger partial charge in [0.05, 0.1) is 16.8 Å². The van der Waals surface area contributed by atoms with E-state index in [2.05, 4.69) is 15.0 Å². The number of nitrogens with zero attached hydrogens (tertiary/aromatic N) is 2. The molecule has 5 nitrogen and oxygen atoms in total. The Morgan fingerprint density at radius 1 is 0.885 bits per heavy atom. The van der Waals surface area contributed by atoms with Gasteiger partial charge >= 0.3 is 0 Å². The molecule has 0 aliphatic heterocycles. The van der Waals surface area contributed by atoms with E-state index in [1.807, 2.05) is 48.5 Å². The fourth-order valence-electron chi connectivity index (χ4n) is 2.70. The smallest absolute Gasteiger partial charge is 0.250 e. The molecular formula is C19H16Cl2N4O. The maximum atomic E-state index is 11.5. The fourth-order valence-corrected chi connectivity index (χ4v) is 2.70. The topological polar surface area (TPSA) is 84.7 Å². The van der Waals surface area contributed by atoms with Crippen molar-refractivity contribution < 1.29 is 4.79 Å². The van der Waals surface area contributed by atoms with Crippen molar-refractivity contribution >= 4 is 41.8 Å². The van der Waals surface area contributed by atoms with Crippen LogP contribution in [0.25, 0.3) is 33.7 Å². The summed E-state index contributed by atoms with van der Waals surface area (Å²) in [6.07, 6.45) is 1.77. The number of nitrogens with two attached hydrogens (primary N) is 1. The first-order valence-electron chi connectivity index (χ1n) is 7.53. The number of imidazole rings is 1. The Kier molecular flexibility index (Phi) is 5.97. The molecule has 0 saturated heterocycles. The van der Waals surface area contributed by atoms with E-state index in [0.29, 0.717) is 16.9 Å². The van der Waals surface area contributed by atoms with Gasteiger partial charge in [-0.05, 0) is 24.3 Å². The number of halogens is 2. The van der Waals surface area contributed by atoms with E-state index in [4.69, 9.17) is 5.73 Å². The van der Waals surface area contributed by atoms with Crippen molar-refractivity contribution in [3.63, 3.8) is 0 Å². The minimum Gasteiger partial charge on any atom is -0.366 e. The van der Waals surface area contributed by atoms with Crippen molar-refractivity contribution in [2.75, 3.05) is 0 Å². The number of amides is 1. The molecule has 4 rings (SSSR count). The zero-order valence-corrected chi connectivity index (χ0v) is 15.2. The molecule has 0 spiro atoms. The maximum Gasteiger partial charge on any atom is 0.250 e. The Balaban J connectivity index is 0.00000121. The lowest BCUT2D eigenvalue weighted by Crippen LogP contribution is -2.11. The highest BCUT2D eigenvalue weighted by Gasteiger charge is 2.12. The van der Waals surface area contributed by atoms with Gasteiger partial charge in [-0.2, -0.15) is 0 Å². The minimum atomic E-state index is -0.482. The van der Waals surface area contributed by atoms with Crippen LogP contribution in [0.3, 0.4) is 0 Å². The van der Waals surface area contributed by atoms with Crippen LogP contribution in [-0.2, 0) is 0 Å². The number of aromatic nitrogens is 3. The molecule has 26 heavy (non-hydrogen) atoms. The highest BCUT2D eigenvalue weighted by molar-refractivity contribution is 6.04. The molecule has 4 aromatic rings. The number of nitrogens with one attached hydrogen (secondary N) is 1. The van der Waals surface area contributed by atoms with Crippen LogP contribution in [0.1, 0.15) is 10.4 Å². The SMILES string of the molecule is Cl.Cl.NC(=O)c1cccc2[nH]c(-c3ccc(-c4ccccn4)cc3)nc12. The second kappa shape index (κ2) is 7.99. The number of H-pyrrole nitrogens is 1. The van der Waals surface area contributed by atoms with Crippen LogP contribution < -0.4 is 5.73 Å². The van der Waals surface area contributed by atoms with Gasteiger partial charge in [-0.1, -0.05) is 36.4 Å². The number of pyridine rings is 1. The lowest BCUT2D eigenvalue weighted by molar-refractivity contribution is 0.100. The molecule has 2 aromatic carbocycles. The maximum absolute atomic E-state index is 11.5. The van der Waals surface area contributed by atoms with Crippen molar-refractivity contribution in [2.24, 2.45) is 5.73 Å². The van der Waals surface area contributed by atoms with Crippen molar-refractivity contribution in [3.05, 3.63) is 72.4 Å². The number of aromatic amines is 1. The molecule has 3 N–H and O–H groups in total. The Bertz CT molecular complexity index is 1030. The first kappa shape index (κ1) is 19.4. The Morgan fingerprint density at radius 3 is 2.27 bits per heavy atom. The Labute approximate surface area is 162 Å². The molecule has 0 radical (unpaired) electrons. The van der Waals surface area contributed by atoms with Crippen LogP contribution in [-0.4, -0.2) is 20.9 Å². The number of primary amides is 1. The van der Waals surface area contributed by atoms with Crippen LogP contribution in [0, 0.1) is 0 Å². The van der Waals surface area contributed by atoms with Crippen molar-refractivity contribution in [1.82, 2.24) is 15.0 Å². The summed E-state index contributed by atoms with van der Waals surface area (Å²) < 4.78 is 0. The average Bonchev–Trinajstić information content (AvgIpc) is 3.06. The molecule has 2 aromatic heterocycles. The zero-order chi connectivity index (χ0) is 16.5. The molecule has 132 valence electrons. The third-order valence-electron chi connectivity index (χ3n) is 3.90. The second-order valence-electron chi connectivity index (χ2n) is 5.44. The van der Waals surface area contributed by atoms with Gasteiger partial charge in [0.2, 0.25) is 0 Å². The third-order valence-corrected chi connectivity index (χ3v) is 3.90. The second-order valence-corrected chi connectivity index (χ2v) is 5.44. The molecule has 0 unspecified atom stereocenters. The summed E-state index contributed by atoms with van der Waals surface area (Å²) in [6, 6.07) is 19.1. The number of rotatable bonds is 3. The molecule has 0 fully saturated rings. The summed E-state index contributed by atoms with van der Waals surface area (Å²) in [5.74, 6) is 0.218. The van der Waals surface area contributed by atoms with Gasteiger partial charge in [0.1, 0.15) is 11.3 Å². The lowest BCUT2D eigenvalue weighted by atomic mass is 10.1. The summed E-state index contributed by atoms with van der Waals surface area (Å²) in [4.78, 5) is 23.6. The standard InChI is InChI=1S/C19H14N4O.2ClH/c20-18(24)14-4-3-6-16-17(14)23-19(22-16)13-9-7-12(8-10-13)15-5-1-2-11-21-15;;/h1-11H,(H2,20,24)(H,22,23);2*1H. The van der Waals surface area contributed by atoms with Gasteiger partial charge in [-0.15, -0.1) is 24.8 Å². The van der Waals surface area contributed by atoms with Crippen LogP contribution in [0.2, 0.25) is 0 Å².